The van der Waals surface area contributed by atoms with Crippen molar-refractivity contribution in [3.8, 4) is 11.3 Å². The molecule has 2 heterocycles. The zero-order valence-corrected chi connectivity index (χ0v) is 14.5. The lowest BCUT2D eigenvalue weighted by Crippen LogP contribution is -2.27. The first kappa shape index (κ1) is 15.3. The first-order valence-corrected chi connectivity index (χ1v) is 9.90. The van der Waals surface area contributed by atoms with Crippen LogP contribution in [0.2, 0.25) is 0 Å². The van der Waals surface area contributed by atoms with Crippen molar-refractivity contribution in [2.45, 2.75) is 26.3 Å². The standard InChI is InChI=1S/C15H19N3O2S2/c1-10(2)16-15-17-13(9-21-15)11-4-5-14-12(8-11)6-7-18(14)22(3,19)20/h4-5,8-10H,6-7H2,1-3H3,(H,16,17). The molecule has 0 fully saturated rings. The molecule has 1 aliphatic rings. The molecule has 22 heavy (non-hydrogen) atoms. The summed E-state index contributed by atoms with van der Waals surface area (Å²) in [5.41, 5.74) is 3.81. The Kier molecular flexibility index (Phi) is 3.86. The average molecular weight is 337 g/mol. The Labute approximate surface area is 135 Å². The molecule has 0 amide bonds. The highest BCUT2D eigenvalue weighted by Gasteiger charge is 2.26. The van der Waals surface area contributed by atoms with Gasteiger partial charge in [0.05, 0.1) is 17.6 Å². The fourth-order valence-corrected chi connectivity index (χ4v) is 4.42. The summed E-state index contributed by atoms with van der Waals surface area (Å²) in [5, 5.41) is 6.22. The predicted octanol–water partition coefficient (Wildman–Crippen LogP) is 2.95. The smallest absolute Gasteiger partial charge is 0.232 e. The highest BCUT2D eigenvalue weighted by atomic mass is 32.2. The van der Waals surface area contributed by atoms with Gasteiger partial charge in [0.1, 0.15) is 0 Å². The van der Waals surface area contributed by atoms with Crippen molar-refractivity contribution < 1.29 is 8.42 Å². The molecule has 0 atom stereocenters. The van der Waals surface area contributed by atoms with Gasteiger partial charge >= 0.3 is 0 Å². The molecule has 2 aromatic rings. The molecule has 0 aliphatic carbocycles. The van der Waals surface area contributed by atoms with Gasteiger partial charge in [0.15, 0.2) is 5.13 Å². The summed E-state index contributed by atoms with van der Waals surface area (Å²) in [6, 6.07) is 6.22. The van der Waals surface area contributed by atoms with E-state index in [4.69, 9.17) is 0 Å². The zero-order chi connectivity index (χ0) is 15.9. The Balaban J connectivity index is 1.90. The van der Waals surface area contributed by atoms with E-state index in [0.29, 0.717) is 12.6 Å². The minimum atomic E-state index is -3.19. The van der Waals surface area contributed by atoms with E-state index in [-0.39, 0.29) is 0 Å². The van der Waals surface area contributed by atoms with Gasteiger partial charge in [-0.05, 0) is 38.0 Å². The maximum absolute atomic E-state index is 11.8. The number of hydrogen-bond donors (Lipinski definition) is 1. The van der Waals surface area contributed by atoms with E-state index in [1.54, 1.807) is 11.3 Å². The second kappa shape index (κ2) is 5.55. The number of hydrogen-bond acceptors (Lipinski definition) is 5. The third kappa shape index (κ3) is 2.96. The Morgan fingerprint density at radius 3 is 2.82 bits per heavy atom. The van der Waals surface area contributed by atoms with Gasteiger partial charge in [-0.15, -0.1) is 11.3 Å². The monoisotopic (exact) mass is 337 g/mol. The molecule has 0 saturated heterocycles. The Morgan fingerprint density at radius 2 is 2.14 bits per heavy atom. The van der Waals surface area contributed by atoms with Crippen LogP contribution in [-0.2, 0) is 16.4 Å². The predicted molar refractivity (Wildman–Crippen MR) is 92.2 cm³/mol. The summed E-state index contributed by atoms with van der Waals surface area (Å²) < 4.78 is 25.0. The van der Waals surface area contributed by atoms with Crippen LogP contribution in [0.1, 0.15) is 19.4 Å². The largest absolute Gasteiger partial charge is 0.359 e. The summed E-state index contributed by atoms with van der Waals surface area (Å²) in [6.07, 6.45) is 2.00. The van der Waals surface area contributed by atoms with Crippen molar-refractivity contribution in [2.24, 2.45) is 0 Å². The third-order valence-electron chi connectivity index (χ3n) is 3.54. The van der Waals surface area contributed by atoms with Crippen LogP contribution in [0.3, 0.4) is 0 Å². The molecular formula is C15H19N3O2S2. The van der Waals surface area contributed by atoms with Crippen molar-refractivity contribution in [2.75, 3.05) is 22.4 Å². The first-order chi connectivity index (χ1) is 10.3. The van der Waals surface area contributed by atoms with E-state index in [1.165, 1.54) is 10.6 Å². The van der Waals surface area contributed by atoms with Crippen LogP contribution in [0.4, 0.5) is 10.8 Å². The molecule has 0 radical (unpaired) electrons. The lowest BCUT2D eigenvalue weighted by molar-refractivity contribution is 0.598. The Morgan fingerprint density at radius 1 is 1.36 bits per heavy atom. The lowest BCUT2D eigenvalue weighted by atomic mass is 10.1. The molecule has 7 heteroatoms. The molecular weight excluding hydrogens is 318 g/mol. The summed E-state index contributed by atoms with van der Waals surface area (Å²) in [4.78, 5) is 4.59. The zero-order valence-electron chi connectivity index (χ0n) is 12.8. The van der Waals surface area contributed by atoms with Crippen LogP contribution in [0, 0.1) is 0 Å². The number of anilines is 2. The summed E-state index contributed by atoms with van der Waals surface area (Å²) in [7, 11) is -3.19. The van der Waals surface area contributed by atoms with Gasteiger partial charge in [-0.25, -0.2) is 13.4 Å². The first-order valence-electron chi connectivity index (χ1n) is 7.17. The fourth-order valence-electron chi connectivity index (χ4n) is 2.59. The molecule has 5 nitrogen and oxygen atoms in total. The number of rotatable bonds is 4. The molecule has 1 aromatic carbocycles. The van der Waals surface area contributed by atoms with E-state index in [9.17, 15) is 8.42 Å². The molecule has 0 unspecified atom stereocenters. The van der Waals surface area contributed by atoms with Crippen LogP contribution in [0.25, 0.3) is 11.3 Å². The van der Waals surface area contributed by atoms with Gasteiger partial charge in [0.2, 0.25) is 10.0 Å². The summed E-state index contributed by atoms with van der Waals surface area (Å²) >= 11 is 1.58. The Hall–Kier alpha value is -1.60. The second-order valence-corrected chi connectivity index (χ2v) is 8.53. The summed E-state index contributed by atoms with van der Waals surface area (Å²) in [6.45, 7) is 4.68. The van der Waals surface area contributed by atoms with E-state index in [1.807, 2.05) is 17.5 Å². The average Bonchev–Trinajstić information content (AvgIpc) is 3.02. The molecule has 1 N–H and O–H groups in total. The Bertz CT molecular complexity index is 797. The van der Waals surface area contributed by atoms with Gasteiger partial charge in [0, 0.05) is 23.5 Å². The maximum Gasteiger partial charge on any atom is 0.232 e. The third-order valence-corrected chi connectivity index (χ3v) is 5.50. The van der Waals surface area contributed by atoms with E-state index in [2.05, 4.69) is 30.2 Å². The van der Waals surface area contributed by atoms with E-state index < -0.39 is 10.0 Å². The molecule has 0 bridgehead atoms. The van der Waals surface area contributed by atoms with Gasteiger partial charge in [-0.2, -0.15) is 0 Å². The van der Waals surface area contributed by atoms with Crippen molar-refractivity contribution >= 4 is 32.2 Å². The number of sulfonamides is 1. The molecule has 3 rings (SSSR count). The van der Waals surface area contributed by atoms with Gasteiger partial charge in [0.25, 0.3) is 0 Å². The fraction of sp³-hybridized carbons (Fsp3) is 0.400. The number of nitrogens with one attached hydrogen (secondary N) is 1. The van der Waals surface area contributed by atoms with Crippen molar-refractivity contribution in [3.05, 3.63) is 29.1 Å². The highest BCUT2D eigenvalue weighted by Crippen LogP contribution is 2.34. The molecule has 0 spiro atoms. The maximum atomic E-state index is 11.8. The summed E-state index contributed by atoms with van der Waals surface area (Å²) in [5.74, 6) is 0. The topological polar surface area (TPSA) is 62.3 Å². The van der Waals surface area contributed by atoms with Crippen LogP contribution in [0.15, 0.2) is 23.6 Å². The molecule has 1 aliphatic heterocycles. The minimum Gasteiger partial charge on any atom is -0.359 e. The van der Waals surface area contributed by atoms with Gasteiger partial charge < -0.3 is 5.32 Å². The second-order valence-electron chi connectivity index (χ2n) is 5.77. The van der Waals surface area contributed by atoms with Crippen LogP contribution in [0.5, 0.6) is 0 Å². The molecule has 0 saturated carbocycles. The van der Waals surface area contributed by atoms with E-state index >= 15 is 0 Å². The van der Waals surface area contributed by atoms with Crippen molar-refractivity contribution in [1.82, 2.24) is 4.98 Å². The minimum absolute atomic E-state index is 0.349. The number of aromatic nitrogens is 1. The molecule has 1 aromatic heterocycles. The number of fused-ring (bicyclic) bond motifs is 1. The number of thiazole rings is 1. The normalized spacial score (nSPS) is 14.5. The SMILES string of the molecule is CC(C)Nc1nc(-c2ccc3c(c2)CCN3S(C)(=O)=O)cs1. The van der Waals surface area contributed by atoms with Crippen molar-refractivity contribution in [1.29, 1.82) is 0 Å². The van der Waals surface area contributed by atoms with E-state index in [0.717, 1.165) is 34.1 Å². The number of benzene rings is 1. The van der Waals surface area contributed by atoms with Gasteiger partial charge in [-0.3, -0.25) is 4.31 Å². The lowest BCUT2D eigenvalue weighted by Gasteiger charge is -2.16. The quantitative estimate of drug-likeness (QED) is 0.932. The van der Waals surface area contributed by atoms with Crippen LogP contribution < -0.4 is 9.62 Å². The van der Waals surface area contributed by atoms with Crippen LogP contribution in [-0.4, -0.2) is 32.2 Å². The molecule has 118 valence electrons. The van der Waals surface area contributed by atoms with Gasteiger partial charge in [-0.1, -0.05) is 6.07 Å². The van der Waals surface area contributed by atoms with Crippen LogP contribution >= 0.6 is 11.3 Å². The number of nitrogens with zero attached hydrogens (tertiary/aromatic N) is 2. The highest BCUT2D eigenvalue weighted by molar-refractivity contribution is 7.92. The van der Waals surface area contributed by atoms with Crippen molar-refractivity contribution in [3.63, 3.8) is 0 Å².